The monoisotopic (exact) mass is 472 g/mol. The van der Waals surface area contributed by atoms with Gasteiger partial charge in [0.15, 0.2) is 0 Å². The Labute approximate surface area is 202 Å². The maximum absolute atomic E-state index is 12.7. The number of aryl methyl sites for hydroxylation is 2. The van der Waals surface area contributed by atoms with Crippen LogP contribution in [-0.2, 0) is 22.4 Å². The first kappa shape index (κ1) is 24.8. The Morgan fingerprint density at radius 1 is 1.24 bits per heavy atom. The summed E-state index contributed by atoms with van der Waals surface area (Å²) in [6.07, 6.45) is 9.88. The molecule has 2 unspecified atom stereocenters. The number of rotatable bonds is 9. The molecule has 0 spiro atoms. The summed E-state index contributed by atoms with van der Waals surface area (Å²) in [6.45, 7) is 5.41. The Morgan fingerprint density at radius 3 is 2.74 bits per heavy atom. The van der Waals surface area contributed by atoms with Crippen molar-refractivity contribution in [3.05, 3.63) is 23.4 Å². The second-order valence-electron chi connectivity index (χ2n) is 10.4. The second-order valence-corrected chi connectivity index (χ2v) is 10.4. The van der Waals surface area contributed by atoms with Crippen molar-refractivity contribution in [2.45, 2.75) is 102 Å². The van der Waals surface area contributed by atoms with Crippen LogP contribution in [0.15, 0.2) is 12.1 Å². The normalized spacial score (nSPS) is 27.2. The molecule has 1 aromatic rings. The van der Waals surface area contributed by atoms with Crippen molar-refractivity contribution in [2.24, 2.45) is 5.92 Å². The van der Waals surface area contributed by atoms with Crippen LogP contribution in [0.5, 0.6) is 0 Å². The van der Waals surface area contributed by atoms with E-state index in [1.54, 1.807) is 4.90 Å². The number of hydrogen-bond acceptors (Lipinski definition) is 5. The zero-order valence-corrected chi connectivity index (χ0v) is 20.6. The summed E-state index contributed by atoms with van der Waals surface area (Å²) >= 11 is 0. The lowest BCUT2D eigenvalue weighted by Gasteiger charge is -2.39. The van der Waals surface area contributed by atoms with Gasteiger partial charge in [0.05, 0.1) is 6.10 Å². The van der Waals surface area contributed by atoms with Crippen LogP contribution >= 0.6 is 0 Å². The first-order valence-corrected chi connectivity index (χ1v) is 13.1. The number of likely N-dealkylation sites (tertiary alicyclic amines) is 1. The van der Waals surface area contributed by atoms with Gasteiger partial charge in [0.25, 0.3) is 0 Å². The molecule has 34 heavy (non-hydrogen) atoms. The molecule has 4 rings (SSSR count). The number of carbonyl (C=O) groups excluding carboxylic acids is 1. The van der Waals surface area contributed by atoms with Crippen molar-refractivity contribution in [1.82, 2.24) is 15.2 Å². The number of urea groups is 1. The largest absolute Gasteiger partial charge is 0.480 e. The summed E-state index contributed by atoms with van der Waals surface area (Å²) in [7, 11) is 0. The topological polar surface area (TPSA) is 104 Å². The highest BCUT2D eigenvalue weighted by Gasteiger charge is 2.33. The van der Waals surface area contributed by atoms with Crippen molar-refractivity contribution in [1.29, 1.82) is 0 Å². The molecule has 8 nitrogen and oxygen atoms in total. The quantitative estimate of drug-likeness (QED) is 0.502. The molecule has 3 heterocycles. The van der Waals surface area contributed by atoms with Gasteiger partial charge < -0.3 is 25.4 Å². The minimum atomic E-state index is -1.01. The highest BCUT2D eigenvalue weighted by Crippen LogP contribution is 2.34. The summed E-state index contributed by atoms with van der Waals surface area (Å²) in [5.74, 6) is 0.684. The molecule has 8 heteroatoms. The highest BCUT2D eigenvalue weighted by molar-refractivity contribution is 5.83. The zero-order valence-electron chi connectivity index (χ0n) is 20.6. The number of pyridine rings is 1. The first-order valence-electron chi connectivity index (χ1n) is 13.1. The van der Waals surface area contributed by atoms with E-state index in [-0.39, 0.29) is 30.6 Å². The first-order chi connectivity index (χ1) is 16.4. The average molecular weight is 473 g/mol. The predicted molar refractivity (Wildman–Crippen MR) is 131 cm³/mol. The summed E-state index contributed by atoms with van der Waals surface area (Å²) in [5.41, 5.74) is 2.47. The number of hydrogen-bond donors (Lipinski definition) is 3. The van der Waals surface area contributed by atoms with Gasteiger partial charge in [-0.25, -0.2) is 14.6 Å². The fourth-order valence-electron chi connectivity index (χ4n) is 5.56. The van der Waals surface area contributed by atoms with E-state index in [0.717, 1.165) is 69.4 Å². The highest BCUT2D eigenvalue weighted by atomic mass is 16.5. The van der Waals surface area contributed by atoms with E-state index in [0.29, 0.717) is 12.5 Å². The Hall–Kier alpha value is -2.35. The molecule has 1 aliphatic carbocycles. The van der Waals surface area contributed by atoms with Crippen LogP contribution in [-0.4, -0.2) is 64.4 Å². The van der Waals surface area contributed by atoms with Gasteiger partial charge >= 0.3 is 12.0 Å². The second kappa shape index (κ2) is 11.4. The fourth-order valence-corrected chi connectivity index (χ4v) is 5.56. The Balaban J connectivity index is 1.14. The van der Waals surface area contributed by atoms with Gasteiger partial charge in [0, 0.05) is 37.4 Å². The van der Waals surface area contributed by atoms with E-state index in [4.69, 9.17) is 9.72 Å². The maximum Gasteiger partial charge on any atom is 0.326 e. The number of nitrogens with zero attached hydrogens (tertiary/aromatic N) is 2. The summed E-state index contributed by atoms with van der Waals surface area (Å²) in [4.78, 5) is 31.0. The lowest BCUT2D eigenvalue weighted by molar-refractivity contribution is -0.140. The van der Waals surface area contributed by atoms with Crippen LogP contribution in [0, 0.1) is 5.92 Å². The molecule has 2 aliphatic heterocycles. The molecule has 1 saturated carbocycles. The molecule has 1 aromatic heterocycles. The fraction of sp³-hybridized carbons (Fsp3) is 0.731. The van der Waals surface area contributed by atoms with Crippen LogP contribution < -0.4 is 10.6 Å². The van der Waals surface area contributed by atoms with Gasteiger partial charge in [0.2, 0.25) is 0 Å². The van der Waals surface area contributed by atoms with E-state index in [1.165, 1.54) is 12.0 Å². The molecule has 188 valence electrons. The summed E-state index contributed by atoms with van der Waals surface area (Å²) in [5, 5.41) is 15.7. The van der Waals surface area contributed by atoms with Gasteiger partial charge in [-0.05, 0) is 89.2 Å². The average Bonchev–Trinajstić information content (AvgIpc) is 2.78. The van der Waals surface area contributed by atoms with Crippen LogP contribution in [0.4, 0.5) is 10.6 Å². The van der Waals surface area contributed by atoms with Gasteiger partial charge in [-0.3, -0.25) is 0 Å². The predicted octanol–water partition coefficient (Wildman–Crippen LogP) is 3.98. The number of carboxylic acids is 1. The third-order valence-corrected chi connectivity index (χ3v) is 7.74. The van der Waals surface area contributed by atoms with Crippen molar-refractivity contribution in [3.63, 3.8) is 0 Å². The molecule has 1 saturated heterocycles. The number of amides is 2. The molecule has 2 amide bonds. The zero-order chi connectivity index (χ0) is 24.1. The molecular formula is C26H40N4O4. The third kappa shape index (κ3) is 6.20. The van der Waals surface area contributed by atoms with Crippen LogP contribution in [0.2, 0.25) is 0 Å². The number of aromatic nitrogens is 1. The molecule has 3 N–H and O–H groups in total. The van der Waals surface area contributed by atoms with Crippen LogP contribution in [0.25, 0.3) is 0 Å². The van der Waals surface area contributed by atoms with Gasteiger partial charge in [0.1, 0.15) is 11.9 Å². The molecule has 3 atom stereocenters. The Bertz CT molecular complexity index is 847. The van der Waals surface area contributed by atoms with Crippen LogP contribution in [0.3, 0.4) is 0 Å². The maximum atomic E-state index is 12.7. The van der Waals surface area contributed by atoms with E-state index in [2.05, 4.69) is 22.8 Å². The summed E-state index contributed by atoms with van der Waals surface area (Å²) in [6, 6.07) is 3.43. The standard InChI is InChI=1S/C26H40N4O4/c1-17-5-3-6-18(2)30(17)26(33)29-23(25(31)32)12-14-34-22-15-19(16-22)8-10-21-11-9-20-7-4-13-27-24(20)28-21/h9,11,17-19,22-23H,3-8,10,12-16H2,1-2H3,(H,27,28)(H,29,33)(H,31,32)/t17?,18?,19?,22?,23-/m0/s1. The Morgan fingerprint density at radius 2 is 2.00 bits per heavy atom. The van der Waals surface area contributed by atoms with Crippen LogP contribution in [0.1, 0.15) is 76.5 Å². The van der Waals surface area contributed by atoms with E-state index in [1.807, 2.05) is 13.8 Å². The molecule has 3 aliphatic rings. The lowest BCUT2D eigenvalue weighted by Crippen LogP contribution is -2.55. The number of nitrogens with one attached hydrogen (secondary N) is 2. The van der Waals surface area contributed by atoms with Crippen molar-refractivity contribution in [2.75, 3.05) is 18.5 Å². The molecule has 2 fully saturated rings. The molecule has 0 radical (unpaired) electrons. The molecule has 0 aromatic carbocycles. The number of anilines is 1. The van der Waals surface area contributed by atoms with Gasteiger partial charge in [-0.2, -0.15) is 0 Å². The van der Waals surface area contributed by atoms with E-state index < -0.39 is 12.0 Å². The lowest BCUT2D eigenvalue weighted by atomic mass is 9.79. The third-order valence-electron chi connectivity index (χ3n) is 7.74. The minimum Gasteiger partial charge on any atom is -0.480 e. The van der Waals surface area contributed by atoms with E-state index in [9.17, 15) is 14.7 Å². The number of carboxylic acid groups (broad SMARTS) is 1. The number of ether oxygens (including phenoxy) is 1. The molecule has 0 bridgehead atoms. The van der Waals surface area contributed by atoms with Gasteiger partial charge in [-0.15, -0.1) is 0 Å². The van der Waals surface area contributed by atoms with Crippen molar-refractivity contribution in [3.8, 4) is 0 Å². The number of aliphatic carboxylic acids is 1. The molecular weight excluding hydrogens is 432 g/mol. The number of fused-ring (bicyclic) bond motifs is 1. The minimum absolute atomic E-state index is 0.133. The summed E-state index contributed by atoms with van der Waals surface area (Å²) < 4.78 is 5.93. The smallest absolute Gasteiger partial charge is 0.326 e. The number of piperidine rings is 1. The SMILES string of the molecule is CC1CCCC(C)N1C(=O)N[C@@H](CCOC1CC(CCc2ccc3c(n2)NCCC3)C1)C(=O)O. The number of carbonyl (C=O) groups is 2. The Kier molecular flexibility index (Phi) is 8.29. The van der Waals surface area contributed by atoms with E-state index >= 15 is 0 Å². The van der Waals surface area contributed by atoms with Gasteiger partial charge in [-0.1, -0.05) is 6.07 Å². The van der Waals surface area contributed by atoms with Crippen molar-refractivity contribution >= 4 is 17.8 Å². The van der Waals surface area contributed by atoms with Crippen molar-refractivity contribution < 1.29 is 19.4 Å².